The predicted molar refractivity (Wildman–Crippen MR) is 35.1 cm³/mol. The maximum atomic E-state index is 9.62. The summed E-state index contributed by atoms with van der Waals surface area (Å²) in [7, 11) is 0. The molecule has 0 aromatic carbocycles. The van der Waals surface area contributed by atoms with E-state index in [1.54, 1.807) is 0 Å². The average molecular weight is 130 g/mol. The molecule has 0 aliphatic carbocycles. The number of nitrogens with zero attached hydrogens (tertiary/aromatic N) is 2. The van der Waals surface area contributed by atoms with Crippen LogP contribution in [0.5, 0.6) is 0 Å². The van der Waals surface area contributed by atoms with Crippen LogP contribution >= 0.6 is 0 Å². The number of hydrogen-bond donors (Lipinski definition) is 0. The Bertz CT molecular complexity index is 95.0. The van der Waals surface area contributed by atoms with Gasteiger partial charge in [-0.05, 0) is 12.3 Å². The van der Waals surface area contributed by atoms with Crippen molar-refractivity contribution in [3.63, 3.8) is 0 Å². The number of nitroso groups, excluding NO2 is 2. The first-order chi connectivity index (χ1) is 4.31. The van der Waals surface area contributed by atoms with Crippen LogP contribution in [0.1, 0.15) is 13.3 Å². The van der Waals surface area contributed by atoms with Crippen LogP contribution < -0.4 is 0 Å². The Kier molecular flexibility index (Phi) is 4.86. The van der Waals surface area contributed by atoms with Gasteiger partial charge in [0, 0.05) is 0 Å². The van der Waals surface area contributed by atoms with Crippen LogP contribution in [0.15, 0.2) is 10.4 Å². The average Bonchev–Trinajstić information content (AvgIpc) is 1.85. The minimum absolute atomic E-state index is 0.195. The molecule has 52 valence electrons. The molecule has 0 aliphatic heterocycles. The first-order valence-corrected chi connectivity index (χ1v) is 2.89. The third kappa shape index (κ3) is 5.06. The number of hydrogen-bond acceptors (Lipinski definition) is 4. The molecule has 0 saturated carbocycles. The Hall–Kier alpha value is -0.800. The highest BCUT2D eigenvalue weighted by Gasteiger charge is 1.99. The lowest BCUT2D eigenvalue weighted by molar-refractivity contribution is 0.552. The summed E-state index contributed by atoms with van der Waals surface area (Å²) in [4.78, 5) is 19.2. The van der Waals surface area contributed by atoms with Crippen molar-refractivity contribution in [2.45, 2.75) is 13.3 Å². The molecule has 9 heavy (non-hydrogen) atoms. The molecular weight excluding hydrogens is 120 g/mol. The molecule has 4 heteroatoms. The molecule has 0 N–H and O–H groups in total. The molecule has 1 unspecified atom stereocenters. The maximum Gasteiger partial charge on any atom is 0.0837 e. The molecule has 0 bridgehead atoms. The molecule has 0 saturated heterocycles. The zero-order valence-corrected chi connectivity index (χ0v) is 5.41. The highest BCUT2D eigenvalue weighted by molar-refractivity contribution is 4.56. The van der Waals surface area contributed by atoms with Gasteiger partial charge in [0.05, 0.1) is 13.1 Å². The van der Waals surface area contributed by atoms with Crippen molar-refractivity contribution in [2.75, 3.05) is 13.1 Å². The van der Waals surface area contributed by atoms with Crippen molar-refractivity contribution in [3.8, 4) is 0 Å². The van der Waals surface area contributed by atoms with Gasteiger partial charge in [-0.2, -0.15) is 9.81 Å². The second-order valence-corrected chi connectivity index (χ2v) is 2.06. The summed E-state index contributed by atoms with van der Waals surface area (Å²) in [6, 6.07) is 0. The summed E-state index contributed by atoms with van der Waals surface area (Å²) < 4.78 is 0. The second kappa shape index (κ2) is 5.34. The highest BCUT2D eigenvalue weighted by atomic mass is 16.3. The molecule has 0 aromatic rings. The first-order valence-electron chi connectivity index (χ1n) is 2.89. The molecule has 0 heterocycles. The van der Waals surface area contributed by atoms with Crippen molar-refractivity contribution in [3.05, 3.63) is 9.81 Å². The highest BCUT2D eigenvalue weighted by Crippen LogP contribution is 2.00. The fourth-order valence-electron chi connectivity index (χ4n) is 0.492. The van der Waals surface area contributed by atoms with Crippen LogP contribution in [0, 0.1) is 15.7 Å². The lowest BCUT2D eigenvalue weighted by Gasteiger charge is -1.99. The van der Waals surface area contributed by atoms with E-state index in [1.165, 1.54) is 0 Å². The van der Waals surface area contributed by atoms with Crippen molar-refractivity contribution in [2.24, 2.45) is 16.3 Å². The molecule has 1 atom stereocenters. The number of rotatable bonds is 5. The van der Waals surface area contributed by atoms with E-state index in [4.69, 9.17) is 0 Å². The molecule has 0 radical (unpaired) electrons. The van der Waals surface area contributed by atoms with Crippen molar-refractivity contribution in [1.82, 2.24) is 0 Å². The predicted octanol–water partition coefficient (Wildman–Crippen LogP) is 1.55. The lowest BCUT2D eigenvalue weighted by atomic mass is 10.1. The van der Waals surface area contributed by atoms with Crippen LogP contribution in [0.25, 0.3) is 0 Å². The Morgan fingerprint density at radius 1 is 1.33 bits per heavy atom. The molecule has 0 amide bonds. The van der Waals surface area contributed by atoms with Crippen molar-refractivity contribution >= 4 is 0 Å². The van der Waals surface area contributed by atoms with Crippen LogP contribution in [-0.2, 0) is 0 Å². The lowest BCUT2D eigenvalue weighted by Crippen LogP contribution is -1.99. The van der Waals surface area contributed by atoms with E-state index >= 15 is 0 Å². The normalized spacial score (nSPS) is 12.6. The summed E-state index contributed by atoms with van der Waals surface area (Å²) in [5.74, 6) is 0.195. The fraction of sp³-hybridized carbons (Fsp3) is 1.00. The summed E-state index contributed by atoms with van der Waals surface area (Å²) in [6.07, 6.45) is 0.662. The van der Waals surface area contributed by atoms with Gasteiger partial charge in [0.25, 0.3) is 0 Å². The maximum absolute atomic E-state index is 9.62. The van der Waals surface area contributed by atoms with Gasteiger partial charge in [-0.25, -0.2) is 0 Å². The molecule has 0 rings (SSSR count). The third-order valence-corrected chi connectivity index (χ3v) is 1.10. The van der Waals surface area contributed by atoms with Crippen LogP contribution in [0.3, 0.4) is 0 Å². The molecule has 0 aliphatic rings. The fourth-order valence-corrected chi connectivity index (χ4v) is 0.492. The van der Waals surface area contributed by atoms with Crippen LogP contribution in [-0.4, -0.2) is 13.1 Å². The smallest absolute Gasteiger partial charge is 0.0837 e. The second-order valence-electron chi connectivity index (χ2n) is 2.06. The monoisotopic (exact) mass is 130 g/mol. The SMILES string of the molecule is CC(CCN=O)CN=O. The largest absolute Gasteiger partial charge is 0.151 e. The Morgan fingerprint density at radius 3 is 2.44 bits per heavy atom. The Morgan fingerprint density at radius 2 is 2.00 bits per heavy atom. The molecule has 4 nitrogen and oxygen atoms in total. The van der Waals surface area contributed by atoms with Crippen LogP contribution in [0.4, 0.5) is 0 Å². The molecule has 0 spiro atoms. The van der Waals surface area contributed by atoms with E-state index in [-0.39, 0.29) is 19.0 Å². The first kappa shape index (κ1) is 8.20. The molecule has 0 aromatic heterocycles. The summed E-state index contributed by atoms with van der Waals surface area (Å²) in [5.41, 5.74) is 0. The van der Waals surface area contributed by atoms with Gasteiger partial charge in [-0.1, -0.05) is 17.3 Å². The molecule has 0 fully saturated rings. The minimum Gasteiger partial charge on any atom is -0.151 e. The van der Waals surface area contributed by atoms with Crippen LogP contribution in [0.2, 0.25) is 0 Å². The summed E-state index contributed by atoms with van der Waals surface area (Å²) in [6.45, 7) is 2.44. The van der Waals surface area contributed by atoms with Gasteiger partial charge in [0.2, 0.25) is 0 Å². The van der Waals surface area contributed by atoms with E-state index in [9.17, 15) is 9.81 Å². The quantitative estimate of drug-likeness (QED) is 0.530. The van der Waals surface area contributed by atoms with Gasteiger partial charge in [-0.15, -0.1) is 0 Å². The molecular formula is C5H10N2O2. The Balaban J connectivity index is 3.14. The topological polar surface area (TPSA) is 58.9 Å². The van der Waals surface area contributed by atoms with Crippen molar-refractivity contribution < 1.29 is 0 Å². The summed E-state index contributed by atoms with van der Waals surface area (Å²) in [5, 5.41) is 5.36. The third-order valence-electron chi connectivity index (χ3n) is 1.10. The van der Waals surface area contributed by atoms with Gasteiger partial charge >= 0.3 is 0 Å². The zero-order chi connectivity index (χ0) is 7.11. The van der Waals surface area contributed by atoms with Gasteiger partial charge < -0.3 is 0 Å². The Labute approximate surface area is 53.6 Å². The van der Waals surface area contributed by atoms with Gasteiger partial charge in [0.1, 0.15) is 0 Å². The van der Waals surface area contributed by atoms with E-state index in [0.717, 1.165) is 0 Å². The van der Waals surface area contributed by atoms with E-state index in [1.807, 2.05) is 6.92 Å². The van der Waals surface area contributed by atoms with Gasteiger partial charge in [0.15, 0.2) is 0 Å². The summed E-state index contributed by atoms with van der Waals surface area (Å²) >= 11 is 0. The zero-order valence-electron chi connectivity index (χ0n) is 5.41. The van der Waals surface area contributed by atoms with E-state index in [2.05, 4.69) is 10.4 Å². The van der Waals surface area contributed by atoms with E-state index < -0.39 is 0 Å². The standard InChI is InChI=1S/C5H10N2O2/c1-5(4-7-9)2-3-6-8/h5H,2-4H2,1H3. The van der Waals surface area contributed by atoms with Crippen molar-refractivity contribution in [1.29, 1.82) is 0 Å². The minimum atomic E-state index is 0.195. The van der Waals surface area contributed by atoms with Gasteiger partial charge in [-0.3, -0.25) is 0 Å². The van der Waals surface area contributed by atoms with E-state index in [0.29, 0.717) is 6.42 Å².